The summed E-state index contributed by atoms with van der Waals surface area (Å²) in [7, 11) is 0. The number of anilines is 1. The van der Waals surface area contributed by atoms with Crippen LogP contribution in [0.1, 0.15) is 5.56 Å². The van der Waals surface area contributed by atoms with Crippen molar-refractivity contribution in [3.63, 3.8) is 0 Å². The lowest BCUT2D eigenvalue weighted by Gasteiger charge is -2.06. The van der Waals surface area contributed by atoms with Crippen LogP contribution in [-0.4, -0.2) is 4.98 Å². The minimum Gasteiger partial charge on any atom is -0.383 e. The highest BCUT2D eigenvalue weighted by Crippen LogP contribution is 2.30. The quantitative estimate of drug-likeness (QED) is 0.856. The van der Waals surface area contributed by atoms with Gasteiger partial charge in [-0.3, -0.25) is 0 Å². The maximum atomic E-state index is 5.73. The summed E-state index contributed by atoms with van der Waals surface area (Å²) in [5.74, 6) is 0.521. The molecule has 1 aromatic heterocycles. The largest absolute Gasteiger partial charge is 0.383 e. The van der Waals surface area contributed by atoms with Gasteiger partial charge >= 0.3 is 0 Å². The zero-order chi connectivity index (χ0) is 10.8. The molecule has 0 saturated heterocycles. The van der Waals surface area contributed by atoms with E-state index < -0.39 is 0 Å². The van der Waals surface area contributed by atoms with Crippen molar-refractivity contribution < 1.29 is 0 Å². The van der Waals surface area contributed by atoms with Crippen LogP contribution >= 0.6 is 15.9 Å². The molecule has 2 aromatic rings. The molecule has 76 valence electrons. The van der Waals surface area contributed by atoms with E-state index in [0.29, 0.717) is 5.82 Å². The monoisotopic (exact) mass is 262 g/mol. The summed E-state index contributed by atoms with van der Waals surface area (Å²) in [6, 6.07) is 10.3. The Bertz CT molecular complexity index is 477. The van der Waals surface area contributed by atoms with Gasteiger partial charge in [0, 0.05) is 11.8 Å². The second-order valence-electron chi connectivity index (χ2n) is 3.42. The van der Waals surface area contributed by atoms with E-state index in [9.17, 15) is 0 Å². The van der Waals surface area contributed by atoms with E-state index >= 15 is 0 Å². The molecule has 2 N–H and O–H groups in total. The lowest BCUT2D eigenvalue weighted by Crippen LogP contribution is -1.92. The molecule has 0 saturated carbocycles. The molecule has 15 heavy (non-hydrogen) atoms. The van der Waals surface area contributed by atoms with Gasteiger partial charge in [-0.25, -0.2) is 4.98 Å². The molecule has 2 nitrogen and oxygen atoms in total. The first-order valence-electron chi connectivity index (χ1n) is 4.65. The highest BCUT2D eigenvalue weighted by molar-refractivity contribution is 9.10. The lowest BCUT2D eigenvalue weighted by atomic mass is 10.1. The maximum Gasteiger partial charge on any atom is 0.138 e. The Morgan fingerprint density at radius 2 is 1.80 bits per heavy atom. The first-order chi connectivity index (χ1) is 7.18. The van der Waals surface area contributed by atoms with Crippen LogP contribution < -0.4 is 5.73 Å². The summed E-state index contributed by atoms with van der Waals surface area (Å²) in [4.78, 5) is 4.01. The molecule has 0 atom stereocenters. The summed E-state index contributed by atoms with van der Waals surface area (Å²) in [6.07, 6.45) is 1.72. The van der Waals surface area contributed by atoms with Crippen molar-refractivity contribution in [2.45, 2.75) is 6.92 Å². The molecule has 0 aliphatic rings. The average Bonchev–Trinajstić information content (AvgIpc) is 2.24. The molecule has 1 heterocycles. The number of benzene rings is 1. The Labute approximate surface area is 97.3 Å². The van der Waals surface area contributed by atoms with E-state index in [1.807, 2.05) is 6.07 Å². The average molecular weight is 263 g/mol. The number of pyridine rings is 1. The van der Waals surface area contributed by atoms with E-state index in [0.717, 1.165) is 15.6 Å². The van der Waals surface area contributed by atoms with E-state index in [1.165, 1.54) is 5.56 Å². The first-order valence-corrected chi connectivity index (χ1v) is 5.45. The molecular weight excluding hydrogens is 252 g/mol. The number of nitrogens with zero attached hydrogens (tertiary/aromatic N) is 1. The van der Waals surface area contributed by atoms with Gasteiger partial charge in [-0.2, -0.15) is 0 Å². The van der Waals surface area contributed by atoms with Crippen molar-refractivity contribution in [2.24, 2.45) is 0 Å². The Morgan fingerprint density at radius 3 is 2.47 bits per heavy atom. The molecule has 0 bridgehead atoms. The molecule has 0 spiro atoms. The van der Waals surface area contributed by atoms with Crippen molar-refractivity contribution in [3.8, 4) is 11.1 Å². The van der Waals surface area contributed by atoms with Crippen LogP contribution in [-0.2, 0) is 0 Å². The van der Waals surface area contributed by atoms with Gasteiger partial charge in [-0.1, -0.05) is 29.8 Å². The molecule has 0 aliphatic heterocycles. The van der Waals surface area contributed by atoms with Crippen molar-refractivity contribution in [1.82, 2.24) is 4.98 Å². The van der Waals surface area contributed by atoms with Crippen LogP contribution in [0.25, 0.3) is 11.1 Å². The van der Waals surface area contributed by atoms with Gasteiger partial charge in [-0.15, -0.1) is 0 Å². The Morgan fingerprint density at radius 1 is 1.13 bits per heavy atom. The van der Waals surface area contributed by atoms with Gasteiger partial charge in [0.2, 0.25) is 0 Å². The van der Waals surface area contributed by atoms with Gasteiger partial charge in [-0.05, 0) is 34.5 Å². The lowest BCUT2D eigenvalue weighted by molar-refractivity contribution is 1.32. The Hall–Kier alpha value is -1.35. The summed E-state index contributed by atoms with van der Waals surface area (Å²) >= 11 is 3.45. The van der Waals surface area contributed by atoms with E-state index in [-0.39, 0.29) is 0 Å². The van der Waals surface area contributed by atoms with Crippen LogP contribution in [0.5, 0.6) is 0 Å². The van der Waals surface area contributed by atoms with Gasteiger partial charge in [0.1, 0.15) is 5.82 Å². The second-order valence-corrected chi connectivity index (χ2v) is 4.22. The van der Waals surface area contributed by atoms with Crippen molar-refractivity contribution in [2.75, 3.05) is 5.73 Å². The molecule has 1 aromatic carbocycles. The van der Waals surface area contributed by atoms with Crippen LogP contribution in [0.3, 0.4) is 0 Å². The Balaban J connectivity index is 2.54. The molecule has 3 heteroatoms. The topological polar surface area (TPSA) is 38.9 Å². The predicted octanol–water partition coefficient (Wildman–Crippen LogP) is 3.40. The second kappa shape index (κ2) is 4.03. The number of halogens is 1. The first kappa shape index (κ1) is 10.2. The van der Waals surface area contributed by atoms with E-state index in [4.69, 9.17) is 5.73 Å². The minimum absolute atomic E-state index is 0.521. The van der Waals surface area contributed by atoms with Crippen LogP contribution in [0.2, 0.25) is 0 Å². The van der Waals surface area contributed by atoms with Crippen LogP contribution in [0.15, 0.2) is 41.0 Å². The third kappa shape index (κ3) is 2.02. The van der Waals surface area contributed by atoms with Gasteiger partial charge in [0.05, 0.1) is 4.47 Å². The number of hydrogen-bond acceptors (Lipinski definition) is 2. The van der Waals surface area contributed by atoms with E-state index in [2.05, 4.69) is 52.1 Å². The van der Waals surface area contributed by atoms with Gasteiger partial charge < -0.3 is 5.73 Å². The maximum absolute atomic E-state index is 5.73. The third-order valence-corrected chi connectivity index (χ3v) is 3.11. The number of hydrogen-bond donors (Lipinski definition) is 1. The normalized spacial score (nSPS) is 10.3. The number of aromatic nitrogens is 1. The van der Waals surface area contributed by atoms with Crippen molar-refractivity contribution >= 4 is 21.7 Å². The molecule has 0 aliphatic carbocycles. The number of nitrogen functional groups attached to an aromatic ring is 1. The SMILES string of the molecule is Cc1ccc(-c2ccnc(N)c2Br)cc1. The molecule has 0 fully saturated rings. The summed E-state index contributed by atoms with van der Waals surface area (Å²) in [5.41, 5.74) is 9.19. The molecular formula is C12H11BrN2. The standard InChI is InChI=1S/C12H11BrN2/c1-8-2-4-9(5-3-8)10-6-7-15-12(14)11(10)13/h2-7H,1H3,(H2,14,15). The van der Waals surface area contributed by atoms with Crippen LogP contribution in [0, 0.1) is 6.92 Å². The molecule has 2 rings (SSSR count). The summed E-state index contributed by atoms with van der Waals surface area (Å²) < 4.78 is 0.855. The fourth-order valence-electron chi connectivity index (χ4n) is 1.42. The number of nitrogens with two attached hydrogens (primary N) is 1. The van der Waals surface area contributed by atoms with Crippen LogP contribution in [0.4, 0.5) is 5.82 Å². The molecule has 0 amide bonds. The third-order valence-electron chi connectivity index (χ3n) is 2.28. The summed E-state index contributed by atoms with van der Waals surface area (Å²) in [6.45, 7) is 2.07. The predicted molar refractivity (Wildman–Crippen MR) is 66.5 cm³/mol. The van der Waals surface area contributed by atoms with Crippen molar-refractivity contribution in [1.29, 1.82) is 0 Å². The Kier molecular flexibility index (Phi) is 2.73. The molecule has 0 radical (unpaired) electrons. The van der Waals surface area contributed by atoms with Crippen molar-refractivity contribution in [3.05, 3.63) is 46.6 Å². The van der Waals surface area contributed by atoms with Gasteiger partial charge in [0.15, 0.2) is 0 Å². The minimum atomic E-state index is 0.521. The highest BCUT2D eigenvalue weighted by Gasteiger charge is 2.05. The fraction of sp³-hybridized carbons (Fsp3) is 0.0833. The zero-order valence-corrected chi connectivity index (χ0v) is 9.95. The zero-order valence-electron chi connectivity index (χ0n) is 8.37. The molecule has 0 unspecified atom stereocenters. The van der Waals surface area contributed by atoms with Gasteiger partial charge in [0.25, 0.3) is 0 Å². The number of rotatable bonds is 1. The number of aryl methyl sites for hydroxylation is 1. The van der Waals surface area contributed by atoms with E-state index in [1.54, 1.807) is 6.20 Å². The fourth-order valence-corrected chi connectivity index (χ4v) is 1.88. The highest BCUT2D eigenvalue weighted by atomic mass is 79.9. The smallest absolute Gasteiger partial charge is 0.138 e. The summed E-state index contributed by atoms with van der Waals surface area (Å²) in [5, 5.41) is 0.